The zero-order valence-corrected chi connectivity index (χ0v) is 13.9. The molecule has 3 N–H and O–H groups in total. The predicted octanol–water partition coefficient (Wildman–Crippen LogP) is 0.806. The summed E-state index contributed by atoms with van der Waals surface area (Å²) in [5, 5.41) is 8.74. The smallest absolute Gasteiger partial charge is 0.215 e. The first kappa shape index (κ1) is 17.1. The van der Waals surface area contributed by atoms with E-state index in [0.29, 0.717) is 0 Å². The number of aliphatic hydroxyl groups excluding tert-OH is 1. The minimum atomic E-state index is -3.68. The number of nitrogens with two attached hydrogens (primary N) is 1. The highest BCUT2D eigenvalue weighted by atomic mass is 32.2. The Kier molecular flexibility index (Phi) is 5.03. The monoisotopic (exact) mass is 361 g/mol. The lowest BCUT2D eigenvalue weighted by atomic mass is 10.4. The van der Waals surface area contributed by atoms with Gasteiger partial charge in [-0.2, -0.15) is 0 Å². The Morgan fingerprint density at radius 2 is 1.55 bits per heavy atom. The van der Waals surface area contributed by atoms with Crippen molar-refractivity contribution in [2.75, 3.05) is 12.4 Å². The second-order valence-corrected chi connectivity index (χ2v) is 9.90. The largest absolute Gasteiger partial charge is 0.395 e. The lowest BCUT2D eigenvalue weighted by Gasteiger charge is -2.05. The molecule has 1 aromatic heterocycles. The summed E-state index contributed by atoms with van der Waals surface area (Å²) in [6.45, 7) is -0.224. The highest BCUT2D eigenvalue weighted by Gasteiger charge is 2.21. The van der Waals surface area contributed by atoms with E-state index in [4.69, 9.17) is 10.8 Å². The van der Waals surface area contributed by atoms with Gasteiger partial charge < -0.3 is 10.8 Å². The topological polar surface area (TPSA) is 115 Å². The lowest BCUT2D eigenvalue weighted by molar-refractivity contribution is 0.319. The van der Waals surface area contributed by atoms with E-state index in [2.05, 4.69) is 0 Å². The Morgan fingerprint density at radius 3 is 2.05 bits per heavy atom. The summed E-state index contributed by atoms with van der Waals surface area (Å²) in [5.41, 5.74) is 5.47. The summed E-state index contributed by atoms with van der Waals surface area (Å²) >= 11 is 1.09. The van der Waals surface area contributed by atoms with Crippen LogP contribution in [0, 0.1) is 0 Å². The van der Waals surface area contributed by atoms with Crippen LogP contribution in [-0.2, 0) is 26.2 Å². The minimum Gasteiger partial charge on any atom is -0.395 e. The third kappa shape index (κ3) is 3.39. The van der Waals surface area contributed by atoms with Gasteiger partial charge >= 0.3 is 0 Å². The fraction of sp³-hybridized carbons (Fsp3) is 0.231. The number of hydrogen-bond acceptors (Lipinski definition) is 7. The molecule has 0 radical (unpaired) electrons. The SMILES string of the molecule is NCc1ccc(S(=O)(=O)c2ccc(S(=O)(=O)CCO)cc2)s1. The molecule has 0 saturated heterocycles. The summed E-state index contributed by atoms with van der Waals surface area (Å²) in [6.07, 6.45) is 0. The van der Waals surface area contributed by atoms with Gasteiger partial charge in [0.25, 0.3) is 0 Å². The molecular formula is C13H15NO5S3. The molecule has 0 saturated carbocycles. The first-order valence-corrected chi connectivity index (χ1v) is 10.2. The van der Waals surface area contributed by atoms with Crippen molar-refractivity contribution < 1.29 is 21.9 Å². The quantitative estimate of drug-likeness (QED) is 0.787. The Balaban J connectivity index is 2.38. The molecule has 120 valence electrons. The highest BCUT2D eigenvalue weighted by molar-refractivity contribution is 7.93. The molecule has 0 amide bonds. The number of thiophene rings is 1. The van der Waals surface area contributed by atoms with E-state index >= 15 is 0 Å². The van der Waals surface area contributed by atoms with E-state index in [0.717, 1.165) is 16.2 Å². The van der Waals surface area contributed by atoms with Crippen molar-refractivity contribution in [1.29, 1.82) is 0 Å². The van der Waals surface area contributed by atoms with Crippen LogP contribution < -0.4 is 5.73 Å². The molecule has 0 bridgehead atoms. The summed E-state index contributed by atoms with van der Waals surface area (Å²) in [5.74, 6) is -0.399. The van der Waals surface area contributed by atoms with Crippen LogP contribution in [0.5, 0.6) is 0 Å². The van der Waals surface area contributed by atoms with Crippen molar-refractivity contribution >= 4 is 31.0 Å². The van der Waals surface area contributed by atoms with Gasteiger partial charge in [0, 0.05) is 11.4 Å². The van der Waals surface area contributed by atoms with Crippen LogP contribution in [-0.4, -0.2) is 34.3 Å². The molecule has 0 unspecified atom stereocenters. The number of rotatable bonds is 6. The van der Waals surface area contributed by atoms with Crippen LogP contribution in [0.15, 0.2) is 50.4 Å². The van der Waals surface area contributed by atoms with Crippen LogP contribution in [0.1, 0.15) is 4.88 Å². The number of aliphatic hydroxyl groups is 1. The van der Waals surface area contributed by atoms with Crippen molar-refractivity contribution in [3.8, 4) is 0 Å². The normalized spacial score (nSPS) is 12.5. The van der Waals surface area contributed by atoms with Gasteiger partial charge in [0.1, 0.15) is 4.21 Å². The molecule has 1 heterocycles. The van der Waals surface area contributed by atoms with Gasteiger partial charge in [-0.15, -0.1) is 11.3 Å². The van der Waals surface area contributed by atoms with Crippen molar-refractivity contribution in [2.45, 2.75) is 20.5 Å². The maximum absolute atomic E-state index is 12.4. The van der Waals surface area contributed by atoms with Crippen molar-refractivity contribution in [3.05, 3.63) is 41.3 Å². The average molecular weight is 361 g/mol. The highest BCUT2D eigenvalue weighted by Crippen LogP contribution is 2.28. The fourth-order valence-corrected chi connectivity index (χ4v) is 5.46. The van der Waals surface area contributed by atoms with Gasteiger partial charge in [-0.1, -0.05) is 0 Å². The van der Waals surface area contributed by atoms with Crippen molar-refractivity contribution in [2.24, 2.45) is 5.73 Å². The second kappa shape index (κ2) is 6.47. The van der Waals surface area contributed by atoms with E-state index in [9.17, 15) is 16.8 Å². The molecule has 0 aliphatic rings. The summed E-state index contributed by atoms with van der Waals surface area (Å²) in [6, 6.07) is 8.10. The molecule has 0 aliphatic heterocycles. The van der Waals surface area contributed by atoms with Gasteiger partial charge in [0.2, 0.25) is 9.84 Å². The molecule has 9 heteroatoms. The third-order valence-electron chi connectivity index (χ3n) is 2.96. The zero-order valence-electron chi connectivity index (χ0n) is 11.5. The Labute approximate surface area is 133 Å². The Bertz CT molecular complexity index is 851. The molecular weight excluding hydrogens is 346 g/mol. The molecule has 0 atom stereocenters. The first-order chi connectivity index (χ1) is 10.3. The Hall–Kier alpha value is -1.26. The van der Waals surface area contributed by atoms with Gasteiger partial charge in [-0.3, -0.25) is 0 Å². The third-order valence-corrected chi connectivity index (χ3v) is 8.04. The zero-order chi connectivity index (χ0) is 16.4. The lowest BCUT2D eigenvalue weighted by Crippen LogP contribution is -2.10. The molecule has 0 fully saturated rings. The number of hydrogen-bond donors (Lipinski definition) is 2. The van der Waals surface area contributed by atoms with Crippen LogP contribution in [0.25, 0.3) is 0 Å². The van der Waals surface area contributed by atoms with E-state index in [1.165, 1.54) is 30.3 Å². The van der Waals surface area contributed by atoms with Gasteiger partial charge in [0.15, 0.2) is 9.84 Å². The van der Waals surface area contributed by atoms with E-state index < -0.39 is 32.0 Å². The summed E-state index contributed by atoms with van der Waals surface area (Å²) in [4.78, 5) is 0.746. The molecule has 1 aromatic carbocycles. The summed E-state index contributed by atoms with van der Waals surface area (Å²) in [7, 11) is -7.28. The maximum Gasteiger partial charge on any atom is 0.215 e. The average Bonchev–Trinajstić information content (AvgIpc) is 2.97. The minimum absolute atomic E-state index is 0.0147. The number of sulfone groups is 2. The first-order valence-electron chi connectivity index (χ1n) is 6.29. The Morgan fingerprint density at radius 1 is 0.955 bits per heavy atom. The maximum atomic E-state index is 12.4. The predicted molar refractivity (Wildman–Crippen MR) is 83.2 cm³/mol. The van der Waals surface area contributed by atoms with Crippen LogP contribution >= 0.6 is 11.3 Å². The number of benzene rings is 1. The molecule has 0 aliphatic carbocycles. The van der Waals surface area contributed by atoms with E-state index in [-0.39, 0.29) is 20.5 Å². The summed E-state index contributed by atoms with van der Waals surface area (Å²) < 4.78 is 48.6. The van der Waals surface area contributed by atoms with E-state index in [1.54, 1.807) is 6.07 Å². The van der Waals surface area contributed by atoms with Gasteiger partial charge in [0.05, 0.1) is 22.2 Å². The van der Waals surface area contributed by atoms with Crippen LogP contribution in [0.2, 0.25) is 0 Å². The van der Waals surface area contributed by atoms with Gasteiger partial charge in [-0.25, -0.2) is 16.8 Å². The molecule has 6 nitrogen and oxygen atoms in total. The van der Waals surface area contributed by atoms with Gasteiger partial charge in [-0.05, 0) is 36.4 Å². The van der Waals surface area contributed by atoms with Crippen molar-refractivity contribution in [3.63, 3.8) is 0 Å². The standard InChI is InChI=1S/C13H15NO5S3/c14-9-10-1-6-13(20-10)22(18,19)12-4-2-11(3-5-12)21(16,17)8-7-15/h1-6,15H,7-9,14H2. The molecule has 22 heavy (non-hydrogen) atoms. The molecule has 2 aromatic rings. The fourth-order valence-electron chi connectivity index (χ4n) is 1.79. The van der Waals surface area contributed by atoms with Crippen molar-refractivity contribution in [1.82, 2.24) is 0 Å². The second-order valence-electron chi connectivity index (χ2n) is 4.44. The van der Waals surface area contributed by atoms with Crippen LogP contribution in [0.4, 0.5) is 0 Å². The van der Waals surface area contributed by atoms with E-state index in [1.807, 2.05) is 0 Å². The molecule has 0 spiro atoms. The van der Waals surface area contributed by atoms with Crippen LogP contribution in [0.3, 0.4) is 0 Å². The molecule has 2 rings (SSSR count).